The molecule has 0 radical (unpaired) electrons. The Hall–Kier alpha value is -2.45. The molecule has 2 atom stereocenters. The van der Waals surface area contributed by atoms with Crippen LogP contribution in [0.1, 0.15) is 43.5 Å². The third-order valence-electron chi connectivity index (χ3n) is 6.57. The molecule has 4 rings (SSSR count). The first-order chi connectivity index (χ1) is 14.4. The molecule has 30 heavy (non-hydrogen) atoms. The second kappa shape index (κ2) is 8.35. The number of anilines is 1. The van der Waals surface area contributed by atoms with E-state index in [2.05, 4.69) is 17.1 Å². The maximum atomic E-state index is 13.2. The highest BCUT2D eigenvalue weighted by Crippen LogP contribution is 2.43. The lowest BCUT2D eigenvalue weighted by Gasteiger charge is -2.48. The first-order valence-electron chi connectivity index (χ1n) is 10.7. The third-order valence-corrected chi connectivity index (χ3v) is 6.57. The largest absolute Gasteiger partial charge is 0.379 e. The number of benzene rings is 1. The Labute approximate surface area is 177 Å². The molecule has 162 valence electrons. The molecule has 1 aromatic carbocycles. The summed E-state index contributed by atoms with van der Waals surface area (Å²) >= 11 is 0. The summed E-state index contributed by atoms with van der Waals surface area (Å²) < 4.78 is 5.37. The fourth-order valence-electron chi connectivity index (χ4n) is 4.75. The zero-order valence-corrected chi connectivity index (χ0v) is 17.7. The Bertz CT molecular complexity index is 838. The van der Waals surface area contributed by atoms with Gasteiger partial charge in [-0.05, 0) is 32.4 Å². The summed E-state index contributed by atoms with van der Waals surface area (Å²) in [5.74, 6) is -0.180. The zero-order valence-electron chi connectivity index (χ0n) is 17.7. The van der Waals surface area contributed by atoms with Crippen molar-refractivity contribution in [3.8, 4) is 0 Å². The van der Waals surface area contributed by atoms with Crippen LogP contribution in [0.4, 0.5) is 5.69 Å². The second-order valence-electron chi connectivity index (χ2n) is 8.47. The van der Waals surface area contributed by atoms with Crippen molar-refractivity contribution in [3.05, 3.63) is 29.8 Å². The van der Waals surface area contributed by atoms with Crippen LogP contribution >= 0.6 is 0 Å². The molecule has 0 saturated carbocycles. The number of rotatable bonds is 6. The molecule has 8 heteroatoms. The van der Waals surface area contributed by atoms with Gasteiger partial charge in [-0.1, -0.05) is 12.1 Å². The molecule has 3 aliphatic heterocycles. The topological polar surface area (TPSA) is 82.2 Å². The number of fused-ring (bicyclic) bond motifs is 3. The van der Waals surface area contributed by atoms with Crippen LogP contribution in [0.25, 0.3) is 0 Å². The van der Waals surface area contributed by atoms with Crippen molar-refractivity contribution < 1.29 is 19.1 Å². The van der Waals surface area contributed by atoms with Crippen LogP contribution in [0.5, 0.6) is 0 Å². The highest BCUT2D eigenvalue weighted by molar-refractivity contribution is 6.10. The zero-order chi connectivity index (χ0) is 21.3. The number of nitrogens with zero attached hydrogens (tertiary/aromatic N) is 3. The Morgan fingerprint density at radius 1 is 1.23 bits per heavy atom. The Morgan fingerprint density at radius 2 is 1.97 bits per heavy atom. The normalized spacial score (nSPS) is 25.1. The van der Waals surface area contributed by atoms with E-state index in [-0.39, 0.29) is 36.7 Å². The average molecular weight is 415 g/mol. The molecule has 2 fully saturated rings. The fraction of sp³-hybridized carbons (Fsp3) is 0.591. The van der Waals surface area contributed by atoms with Gasteiger partial charge in [-0.3, -0.25) is 24.2 Å². The minimum absolute atomic E-state index is 0.0197. The maximum absolute atomic E-state index is 13.2. The molecule has 0 spiro atoms. The number of ether oxygens (including phenoxy) is 1. The molecule has 3 aliphatic rings. The van der Waals surface area contributed by atoms with E-state index in [4.69, 9.17) is 4.74 Å². The van der Waals surface area contributed by atoms with Crippen LogP contribution < -0.4 is 10.2 Å². The van der Waals surface area contributed by atoms with Gasteiger partial charge in [0.15, 0.2) is 0 Å². The van der Waals surface area contributed by atoms with Gasteiger partial charge >= 0.3 is 0 Å². The van der Waals surface area contributed by atoms with Gasteiger partial charge in [0.1, 0.15) is 5.66 Å². The van der Waals surface area contributed by atoms with Gasteiger partial charge in [-0.2, -0.15) is 0 Å². The predicted octanol–water partition coefficient (Wildman–Crippen LogP) is 1.21. The smallest absolute Gasteiger partial charge is 0.257 e. The van der Waals surface area contributed by atoms with Gasteiger partial charge in [0.25, 0.3) is 5.91 Å². The van der Waals surface area contributed by atoms with E-state index < -0.39 is 5.66 Å². The Balaban J connectivity index is 1.39. The van der Waals surface area contributed by atoms with E-state index in [0.29, 0.717) is 30.6 Å². The number of carbonyl (C=O) groups is 3. The Morgan fingerprint density at radius 3 is 2.73 bits per heavy atom. The lowest BCUT2D eigenvalue weighted by molar-refractivity contribution is -0.121. The summed E-state index contributed by atoms with van der Waals surface area (Å²) in [5.41, 5.74) is 0.475. The molecule has 2 unspecified atom stereocenters. The number of hydrogen-bond donors (Lipinski definition) is 1. The van der Waals surface area contributed by atoms with E-state index in [1.807, 2.05) is 19.1 Å². The molecule has 8 nitrogen and oxygen atoms in total. The molecule has 0 bridgehead atoms. The molecular formula is C22H30N4O4. The monoisotopic (exact) mass is 414 g/mol. The number of nitrogens with one attached hydrogen (secondary N) is 1. The summed E-state index contributed by atoms with van der Waals surface area (Å²) in [6, 6.07) is 7.46. The molecular weight excluding hydrogens is 384 g/mol. The highest BCUT2D eigenvalue weighted by Gasteiger charge is 2.52. The van der Waals surface area contributed by atoms with Crippen molar-refractivity contribution in [2.45, 2.75) is 44.8 Å². The van der Waals surface area contributed by atoms with Crippen molar-refractivity contribution in [1.82, 2.24) is 15.1 Å². The van der Waals surface area contributed by atoms with E-state index in [9.17, 15) is 14.4 Å². The van der Waals surface area contributed by atoms with E-state index in [0.717, 1.165) is 26.3 Å². The van der Waals surface area contributed by atoms with Crippen molar-refractivity contribution in [3.63, 3.8) is 0 Å². The van der Waals surface area contributed by atoms with Crippen molar-refractivity contribution in [2.75, 3.05) is 44.3 Å². The Kier molecular flexibility index (Phi) is 5.79. The predicted molar refractivity (Wildman–Crippen MR) is 112 cm³/mol. The van der Waals surface area contributed by atoms with Crippen molar-refractivity contribution >= 4 is 23.4 Å². The van der Waals surface area contributed by atoms with Gasteiger partial charge < -0.3 is 15.0 Å². The van der Waals surface area contributed by atoms with E-state index in [1.165, 1.54) is 0 Å². The number of para-hydroxylation sites is 1. The summed E-state index contributed by atoms with van der Waals surface area (Å²) in [4.78, 5) is 44.0. The quantitative estimate of drug-likeness (QED) is 0.757. The molecule has 3 heterocycles. The minimum atomic E-state index is -0.718. The van der Waals surface area contributed by atoms with Gasteiger partial charge in [-0.15, -0.1) is 0 Å². The van der Waals surface area contributed by atoms with Crippen LogP contribution in [-0.4, -0.2) is 78.6 Å². The summed E-state index contributed by atoms with van der Waals surface area (Å²) in [6.07, 6.45) is 1.18. The third kappa shape index (κ3) is 3.70. The van der Waals surface area contributed by atoms with Crippen molar-refractivity contribution in [1.29, 1.82) is 0 Å². The van der Waals surface area contributed by atoms with Crippen LogP contribution in [0.2, 0.25) is 0 Å². The van der Waals surface area contributed by atoms with Gasteiger partial charge in [0.05, 0.1) is 24.5 Å². The van der Waals surface area contributed by atoms with Gasteiger partial charge in [-0.25, -0.2) is 0 Å². The molecule has 3 amide bonds. The number of amides is 3. The maximum Gasteiger partial charge on any atom is 0.257 e. The highest BCUT2D eigenvalue weighted by atomic mass is 16.5. The molecule has 1 aromatic rings. The second-order valence-corrected chi connectivity index (χ2v) is 8.47. The minimum Gasteiger partial charge on any atom is -0.379 e. The standard InChI is InChI=1S/C22H30N4O4/c1-16(24-11-13-30-14-12-24)15-23-19(27)8-10-25-21(29)17-5-3-4-6-18(17)26-20(28)7-9-22(25,26)2/h3-6,16H,7-15H2,1-2H3,(H,23,27). The van der Waals surface area contributed by atoms with E-state index in [1.54, 1.807) is 21.9 Å². The molecule has 0 aliphatic carbocycles. The number of carbonyl (C=O) groups excluding carboxylic acids is 3. The number of hydrogen-bond acceptors (Lipinski definition) is 5. The average Bonchev–Trinajstić information content (AvgIpc) is 3.07. The van der Waals surface area contributed by atoms with Crippen LogP contribution in [0.15, 0.2) is 24.3 Å². The lowest BCUT2D eigenvalue weighted by Crippen LogP contribution is -2.62. The fourth-order valence-corrected chi connectivity index (χ4v) is 4.75. The number of morpholine rings is 1. The molecule has 0 aromatic heterocycles. The van der Waals surface area contributed by atoms with Gasteiger partial charge in [0.2, 0.25) is 11.8 Å². The SMILES string of the molecule is CC(CNC(=O)CCN1C(=O)c2ccccc2N2C(=O)CCC12C)N1CCOCC1. The summed E-state index contributed by atoms with van der Waals surface area (Å²) in [6.45, 7) is 8.07. The summed E-state index contributed by atoms with van der Waals surface area (Å²) in [7, 11) is 0. The lowest BCUT2D eigenvalue weighted by atomic mass is 9.98. The first kappa shape index (κ1) is 20.8. The van der Waals surface area contributed by atoms with Crippen molar-refractivity contribution in [2.24, 2.45) is 0 Å². The molecule has 2 saturated heterocycles. The summed E-state index contributed by atoms with van der Waals surface area (Å²) in [5, 5.41) is 2.99. The van der Waals surface area contributed by atoms with Crippen LogP contribution in [0, 0.1) is 0 Å². The van der Waals surface area contributed by atoms with Crippen LogP contribution in [0.3, 0.4) is 0 Å². The van der Waals surface area contributed by atoms with Crippen LogP contribution in [-0.2, 0) is 14.3 Å². The first-order valence-corrected chi connectivity index (χ1v) is 10.7. The molecule has 1 N–H and O–H groups in total. The van der Waals surface area contributed by atoms with Gasteiger partial charge in [0, 0.05) is 45.1 Å². The van der Waals surface area contributed by atoms with E-state index >= 15 is 0 Å².